The van der Waals surface area contributed by atoms with Gasteiger partial charge in [0.1, 0.15) is 11.3 Å². The molecule has 0 heterocycles. The van der Waals surface area contributed by atoms with Gasteiger partial charge in [-0.15, -0.1) is 0 Å². The third kappa shape index (κ3) is 5.51. The topological polar surface area (TPSA) is 86.2 Å². The molecule has 0 saturated heterocycles. The molecule has 0 aromatic heterocycles. The van der Waals surface area contributed by atoms with Crippen LogP contribution in [-0.2, 0) is 0 Å². The Morgan fingerprint density at radius 2 is 1.66 bits per heavy atom. The zero-order chi connectivity index (χ0) is 22.9. The highest BCUT2D eigenvalue weighted by Crippen LogP contribution is 2.30. The maximum absolute atomic E-state index is 12.6. The molecule has 3 rings (SSSR count). The standard InChI is InChI=1S/C25H24N2O5/c1-4-31-23-15-18(16-26-27-24(28)19-10-6-5-9-17(19)2)13-14-22(23)32-25(29)20-11-7-8-12-21(20)30-3/h5-16H,4H2,1-3H3,(H,27,28). The van der Waals surface area contributed by atoms with Crippen molar-refractivity contribution in [2.75, 3.05) is 13.7 Å². The largest absolute Gasteiger partial charge is 0.496 e. The van der Waals surface area contributed by atoms with Crippen molar-refractivity contribution >= 4 is 18.1 Å². The molecule has 164 valence electrons. The number of amides is 1. The normalized spacial score (nSPS) is 10.6. The van der Waals surface area contributed by atoms with Gasteiger partial charge in [-0.1, -0.05) is 30.3 Å². The quantitative estimate of drug-likeness (QED) is 0.247. The SMILES string of the molecule is CCOc1cc(C=NNC(=O)c2ccccc2C)ccc1OC(=O)c1ccccc1OC. The second-order valence-corrected chi connectivity index (χ2v) is 6.74. The number of benzene rings is 3. The number of aryl methyl sites for hydroxylation is 1. The Balaban J connectivity index is 1.74. The molecule has 0 spiro atoms. The number of hydrogen-bond acceptors (Lipinski definition) is 6. The molecule has 7 nitrogen and oxygen atoms in total. The maximum atomic E-state index is 12.6. The number of ether oxygens (including phenoxy) is 3. The van der Waals surface area contributed by atoms with E-state index < -0.39 is 5.97 Å². The molecule has 3 aromatic rings. The lowest BCUT2D eigenvalue weighted by atomic mass is 10.1. The lowest BCUT2D eigenvalue weighted by molar-refractivity contribution is 0.0724. The van der Waals surface area contributed by atoms with Gasteiger partial charge in [0.25, 0.3) is 5.91 Å². The number of carbonyl (C=O) groups excluding carboxylic acids is 2. The van der Waals surface area contributed by atoms with Crippen LogP contribution in [0.4, 0.5) is 0 Å². The van der Waals surface area contributed by atoms with Crippen LogP contribution in [0.25, 0.3) is 0 Å². The van der Waals surface area contributed by atoms with Crippen LogP contribution in [0, 0.1) is 6.92 Å². The Kier molecular flexibility index (Phi) is 7.59. The predicted molar refractivity (Wildman–Crippen MR) is 122 cm³/mol. The fourth-order valence-corrected chi connectivity index (χ4v) is 2.98. The highest BCUT2D eigenvalue weighted by Gasteiger charge is 2.17. The van der Waals surface area contributed by atoms with Crippen LogP contribution < -0.4 is 19.6 Å². The minimum absolute atomic E-state index is 0.267. The number of rotatable bonds is 8. The molecule has 3 aromatic carbocycles. The Bertz CT molecular complexity index is 1140. The van der Waals surface area contributed by atoms with E-state index in [1.165, 1.54) is 13.3 Å². The number of carbonyl (C=O) groups is 2. The van der Waals surface area contributed by atoms with Crippen molar-refractivity contribution in [2.24, 2.45) is 5.10 Å². The van der Waals surface area contributed by atoms with E-state index in [1.807, 2.05) is 26.0 Å². The van der Waals surface area contributed by atoms with Gasteiger partial charge in [0.15, 0.2) is 11.5 Å². The third-order valence-electron chi connectivity index (χ3n) is 4.57. The van der Waals surface area contributed by atoms with Crippen LogP contribution in [0.5, 0.6) is 17.2 Å². The van der Waals surface area contributed by atoms with Gasteiger partial charge in [0.2, 0.25) is 0 Å². The van der Waals surface area contributed by atoms with Gasteiger partial charge in [-0.3, -0.25) is 4.79 Å². The van der Waals surface area contributed by atoms with Gasteiger partial charge in [0.05, 0.1) is 19.9 Å². The summed E-state index contributed by atoms with van der Waals surface area (Å²) >= 11 is 0. The second-order valence-electron chi connectivity index (χ2n) is 6.74. The van der Waals surface area contributed by atoms with Gasteiger partial charge in [-0.2, -0.15) is 5.10 Å². The average molecular weight is 432 g/mol. The van der Waals surface area contributed by atoms with Gasteiger partial charge in [-0.05, 0) is 61.4 Å². The van der Waals surface area contributed by atoms with Crippen molar-refractivity contribution in [3.63, 3.8) is 0 Å². The molecule has 0 unspecified atom stereocenters. The first-order valence-electron chi connectivity index (χ1n) is 10.0. The molecule has 0 saturated carbocycles. The van der Waals surface area contributed by atoms with Gasteiger partial charge < -0.3 is 14.2 Å². The Morgan fingerprint density at radius 3 is 2.38 bits per heavy atom. The highest BCUT2D eigenvalue weighted by atomic mass is 16.6. The summed E-state index contributed by atoms with van der Waals surface area (Å²) < 4.78 is 16.4. The molecule has 1 amide bonds. The molecule has 0 aliphatic heterocycles. The van der Waals surface area contributed by atoms with Crippen molar-refractivity contribution in [1.29, 1.82) is 0 Å². The Hall–Kier alpha value is -4.13. The summed E-state index contributed by atoms with van der Waals surface area (Å²) in [6.07, 6.45) is 1.49. The van der Waals surface area contributed by atoms with Gasteiger partial charge in [0, 0.05) is 5.56 Å². The molecule has 0 aliphatic rings. The first-order chi connectivity index (χ1) is 15.5. The third-order valence-corrected chi connectivity index (χ3v) is 4.57. The molecule has 1 N–H and O–H groups in total. The van der Waals surface area contributed by atoms with E-state index in [0.29, 0.717) is 34.8 Å². The lowest BCUT2D eigenvalue weighted by Gasteiger charge is -2.12. The van der Waals surface area contributed by atoms with Gasteiger partial charge in [-0.25, -0.2) is 10.2 Å². The number of hydrazone groups is 1. The molecular formula is C25H24N2O5. The van der Waals surface area contributed by atoms with E-state index >= 15 is 0 Å². The first-order valence-corrected chi connectivity index (χ1v) is 10.0. The van der Waals surface area contributed by atoms with Crippen molar-refractivity contribution < 1.29 is 23.8 Å². The summed E-state index contributed by atoms with van der Waals surface area (Å²) in [5, 5.41) is 4.02. The Morgan fingerprint density at radius 1 is 0.938 bits per heavy atom. The second kappa shape index (κ2) is 10.8. The summed E-state index contributed by atoms with van der Waals surface area (Å²) in [5.41, 5.74) is 4.90. The number of hydrogen-bond donors (Lipinski definition) is 1. The summed E-state index contributed by atoms with van der Waals surface area (Å²) in [7, 11) is 1.49. The van der Waals surface area contributed by atoms with Gasteiger partial charge >= 0.3 is 5.97 Å². The van der Waals surface area contributed by atoms with Crippen LogP contribution in [0.15, 0.2) is 71.8 Å². The zero-order valence-corrected chi connectivity index (χ0v) is 18.1. The molecule has 32 heavy (non-hydrogen) atoms. The lowest BCUT2D eigenvalue weighted by Crippen LogP contribution is -2.18. The van der Waals surface area contributed by atoms with Crippen LogP contribution in [0.3, 0.4) is 0 Å². The van der Waals surface area contributed by atoms with E-state index in [9.17, 15) is 9.59 Å². The average Bonchev–Trinajstić information content (AvgIpc) is 2.81. The summed E-state index contributed by atoms with van der Waals surface area (Å²) in [6.45, 7) is 4.07. The minimum Gasteiger partial charge on any atom is -0.496 e. The van der Waals surface area contributed by atoms with Crippen molar-refractivity contribution in [3.8, 4) is 17.2 Å². The maximum Gasteiger partial charge on any atom is 0.347 e. The Labute approximate surface area is 186 Å². The number of esters is 1. The number of methoxy groups -OCH3 is 1. The monoisotopic (exact) mass is 432 g/mol. The first kappa shape index (κ1) is 22.6. The molecule has 0 fully saturated rings. The molecule has 0 radical (unpaired) electrons. The molecule has 0 atom stereocenters. The smallest absolute Gasteiger partial charge is 0.347 e. The van der Waals surface area contributed by atoms with E-state index in [-0.39, 0.29) is 11.7 Å². The van der Waals surface area contributed by atoms with Crippen LogP contribution in [-0.4, -0.2) is 31.8 Å². The van der Waals surface area contributed by atoms with Crippen molar-refractivity contribution in [1.82, 2.24) is 5.43 Å². The summed E-state index contributed by atoms with van der Waals surface area (Å²) in [5.74, 6) is 0.208. The number of nitrogens with zero attached hydrogens (tertiary/aromatic N) is 1. The molecule has 0 aliphatic carbocycles. The summed E-state index contributed by atoms with van der Waals surface area (Å²) in [6, 6.07) is 19.1. The molecule has 7 heteroatoms. The van der Waals surface area contributed by atoms with Crippen molar-refractivity contribution in [3.05, 3.63) is 89.0 Å². The highest BCUT2D eigenvalue weighted by molar-refractivity contribution is 5.96. The van der Waals surface area contributed by atoms with E-state index in [1.54, 1.807) is 54.6 Å². The van der Waals surface area contributed by atoms with Crippen LogP contribution >= 0.6 is 0 Å². The predicted octanol–water partition coefficient (Wildman–Crippen LogP) is 4.39. The van der Waals surface area contributed by atoms with E-state index in [0.717, 1.165) is 5.56 Å². The zero-order valence-electron chi connectivity index (χ0n) is 18.1. The minimum atomic E-state index is -0.560. The number of nitrogens with one attached hydrogen (secondary N) is 1. The van der Waals surface area contributed by atoms with Crippen LogP contribution in [0.2, 0.25) is 0 Å². The van der Waals surface area contributed by atoms with E-state index in [4.69, 9.17) is 14.2 Å². The van der Waals surface area contributed by atoms with Crippen molar-refractivity contribution in [2.45, 2.75) is 13.8 Å². The molecular weight excluding hydrogens is 408 g/mol. The van der Waals surface area contributed by atoms with Crippen LogP contribution in [0.1, 0.15) is 38.8 Å². The van der Waals surface area contributed by atoms with E-state index in [2.05, 4.69) is 10.5 Å². The number of para-hydroxylation sites is 1. The molecule has 0 bridgehead atoms. The summed E-state index contributed by atoms with van der Waals surface area (Å²) in [4.78, 5) is 24.9. The fraction of sp³-hybridized carbons (Fsp3) is 0.160. The fourth-order valence-electron chi connectivity index (χ4n) is 2.98.